The summed E-state index contributed by atoms with van der Waals surface area (Å²) in [5, 5.41) is 10.1. The summed E-state index contributed by atoms with van der Waals surface area (Å²) in [5.41, 5.74) is 6.23. The van der Waals surface area contributed by atoms with E-state index in [0.29, 0.717) is 5.02 Å². The van der Waals surface area contributed by atoms with E-state index in [0.717, 1.165) is 5.56 Å². The number of hydrogen-bond acceptors (Lipinski definition) is 3. The minimum absolute atomic E-state index is 0.0569. The maximum absolute atomic E-state index is 11.3. The predicted molar refractivity (Wildman–Crippen MR) is 60.6 cm³/mol. The van der Waals surface area contributed by atoms with Gasteiger partial charge in [0.15, 0.2) is 5.78 Å². The third-order valence-corrected chi connectivity index (χ3v) is 2.55. The van der Waals surface area contributed by atoms with Gasteiger partial charge in [-0.1, -0.05) is 25.4 Å². The number of ketones is 1. The number of phenols is 1. The van der Waals surface area contributed by atoms with Crippen molar-refractivity contribution in [3.8, 4) is 5.75 Å². The average Bonchev–Trinajstić information content (AvgIpc) is 2.19. The molecule has 0 saturated carbocycles. The van der Waals surface area contributed by atoms with Crippen molar-refractivity contribution >= 4 is 17.4 Å². The van der Waals surface area contributed by atoms with Crippen molar-refractivity contribution < 1.29 is 9.90 Å². The molecule has 0 amide bonds. The van der Waals surface area contributed by atoms with Crippen LogP contribution in [0.2, 0.25) is 5.02 Å². The van der Waals surface area contributed by atoms with Crippen LogP contribution < -0.4 is 5.73 Å². The summed E-state index contributed by atoms with van der Waals surface area (Å²) >= 11 is 5.99. The largest absolute Gasteiger partial charge is 0.507 e. The predicted octanol–water partition coefficient (Wildman–Crippen LogP) is 2.31. The molecule has 0 spiro atoms. The molecule has 0 saturated heterocycles. The van der Waals surface area contributed by atoms with Crippen LogP contribution in [0.4, 0.5) is 0 Å². The van der Waals surface area contributed by atoms with E-state index >= 15 is 0 Å². The van der Waals surface area contributed by atoms with Crippen LogP contribution in [0.25, 0.3) is 0 Å². The fraction of sp³-hybridized carbons (Fsp3) is 0.364. The van der Waals surface area contributed by atoms with Crippen molar-refractivity contribution in [1.82, 2.24) is 0 Å². The highest BCUT2D eigenvalue weighted by atomic mass is 35.5. The maximum atomic E-state index is 11.3. The van der Waals surface area contributed by atoms with E-state index in [1.54, 1.807) is 0 Å². The molecule has 15 heavy (non-hydrogen) atoms. The van der Waals surface area contributed by atoms with Gasteiger partial charge in [-0.2, -0.15) is 0 Å². The molecule has 1 aromatic carbocycles. The lowest BCUT2D eigenvalue weighted by Crippen LogP contribution is -2.14. The molecule has 3 N–H and O–H groups in total. The van der Waals surface area contributed by atoms with E-state index in [2.05, 4.69) is 0 Å². The zero-order valence-corrected chi connectivity index (χ0v) is 9.51. The Kier molecular flexibility index (Phi) is 3.72. The highest BCUT2D eigenvalue weighted by Crippen LogP contribution is 2.31. The van der Waals surface area contributed by atoms with Gasteiger partial charge in [0.2, 0.25) is 0 Å². The first-order valence-electron chi connectivity index (χ1n) is 4.73. The quantitative estimate of drug-likeness (QED) is 0.779. The maximum Gasteiger partial charge on any atom is 0.180 e. The van der Waals surface area contributed by atoms with Crippen LogP contribution in [-0.2, 0) is 0 Å². The number of rotatable bonds is 3. The Morgan fingerprint density at radius 1 is 1.53 bits per heavy atom. The number of aromatic hydroxyl groups is 1. The van der Waals surface area contributed by atoms with Crippen LogP contribution in [0, 0.1) is 0 Å². The summed E-state index contributed by atoms with van der Waals surface area (Å²) in [7, 11) is 0. The fourth-order valence-electron chi connectivity index (χ4n) is 1.35. The van der Waals surface area contributed by atoms with E-state index in [9.17, 15) is 9.90 Å². The van der Waals surface area contributed by atoms with E-state index in [1.165, 1.54) is 12.1 Å². The second-order valence-electron chi connectivity index (χ2n) is 3.67. The van der Waals surface area contributed by atoms with E-state index < -0.39 is 0 Å². The Morgan fingerprint density at radius 3 is 2.60 bits per heavy atom. The second-order valence-corrected chi connectivity index (χ2v) is 4.08. The van der Waals surface area contributed by atoms with Crippen molar-refractivity contribution in [3.63, 3.8) is 0 Å². The van der Waals surface area contributed by atoms with Gasteiger partial charge in [0.05, 0.1) is 12.1 Å². The zero-order chi connectivity index (χ0) is 11.6. The fourth-order valence-corrected chi connectivity index (χ4v) is 1.74. The smallest absolute Gasteiger partial charge is 0.180 e. The SMILES string of the molecule is CC(C)c1cc(O)c(C(=O)CN)cc1Cl. The Labute approximate surface area is 93.9 Å². The molecule has 0 unspecified atom stereocenters. The zero-order valence-electron chi connectivity index (χ0n) is 8.75. The monoisotopic (exact) mass is 227 g/mol. The average molecular weight is 228 g/mol. The van der Waals surface area contributed by atoms with Gasteiger partial charge in [-0.15, -0.1) is 0 Å². The van der Waals surface area contributed by atoms with Crippen LogP contribution in [0.3, 0.4) is 0 Å². The number of benzene rings is 1. The lowest BCUT2D eigenvalue weighted by Gasteiger charge is -2.11. The number of nitrogens with two attached hydrogens (primary N) is 1. The van der Waals surface area contributed by atoms with Gasteiger partial charge in [-0.05, 0) is 23.6 Å². The van der Waals surface area contributed by atoms with Crippen LogP contribution >= 0.6 is 11.6 Å². The van der Waals surface area contributed by atoms with Crippen LogP contribution in [0.5, 0.6) is 5.75 Å². The topological polar surface area (TPSA) is 63.3 Å². The number of phenolic OH excluding ortho intramolecular Hbond substituents is 1. The van der Waals surface area contributed by atoms with Crippen molar-refractivity contribution in [2.45, 2.75) is 19.8 Å². The van der Waals surface area contributed by atoms with Crippen molar-refractivity contribution in [2.24, 2.45) is 5.73 Å². The van der Waals surface area contributed by atoms with Gasteiger partial charge in [-0.25, -0.2) is 0 Å². The molecule has 0 fully saturated rings. The van der Waals surface area contributed by atoms with E-state index in [-0.39, 0.29) is 29.6 Å². The number of halogens is 1. The Balaban J connectivity index is 3.25. The van der Waals surface area contributed by atoms with Crippen LogP contribution in [0.1, 0.15) is 35.7 Å². The van der Waals surface area contributed by atoms with Crippen LogP contribution in [-0.4, -0.2) is 17.4 Å². The van der Waals surface area contributed by atoms with Gasteiger partial charge < -0.3 is 10.8 Å². The normalized spacial score (nSPS) is 10.7. The van der Waals surface area contributed by atoms with Crippen molar-refractivity contribution in [2.75, 3.05) is 6.54 Å². The summed E-state index contributed by atoms with van der Waals surface area (Å²) in [5.74, 6) is -0.173. The lowest BCUT2D eigenvalue weighted by atomic mass is 9.99. The Bertz CT molecular complexity index is 388. The van der Waals surface area contributed by atoms with Gasteiger partial charge in [-0.3, -0.25) is 4.79 Å². The molecular formula is C11H14ClNO2. The third kappa shape index (κ3) is 2.49. The van der Waals surface area contributed by atoms with Crippen molar-refractivity contribution in [3.05, 3.63) is 28.3 Å². The molecular weight excluding hydrogens is 214 g/mol. The molecule has 3 nitrogen and oxygen atoms in total. The molecule has 0 radical (unpaired) electrons. The van der Waals surface area contributed by atoms with E-state index in [1.807, 2.05) is 13.8 Å². The molecule has 0 aliphatic heterocycles. The standard InChI is InChI=1S/C11H14ClNO2/c1-6(2)7-4-10(14)8(3-9(7)12)11(15)5-13/h3-4,6,14H,5,13H2,1-2H3. The minimum Gasteiger partial charge on any atom is -0.507 e. The third-order valence-electron chi connectivity index (χ3n) is 2.22. The molecule has 4 heteroatoms. The summed E-state index contributed by atoms with van der Waals surface area (Å²) < 4.78 is 0. The first-order chi connectivity index (χ1) is 6.97. The highest BCUT2D eigenvalue weighted by molar-refractivity contribution is 6.32. The first kappa shape index (κ1) is 12.0. The molecule has 0 atom stereocenters. The number of hydrogen-bond donors (Lipinski definition) is 2. The summed E-state index contributed by atoms with van der Waals surface area (Å²) in [6, 6.07) is 3.00. The summed E-state index contributed by atoms with van der Waals surface area (Å²) in [4.78, 5) is 11.3. The van der Waals surface area contributed by atoms with Crippen LogP contribution in [0.15, 0.2) is 12.1 Å². The molecule has 1 aromatic rings. The number of Topliss-reactive ketones (excluding diaryl/α,β-unsaturated/α-hetero) is 1. The molecule has 0 aromatic heterocycles. The highest BCUT2D eigenvalue weighted by Gasteiger charge is 2.14. The Morgan fingerprint density at radius 2 is 2.13 bits per heavy atom. The molecule has 0 aliphatic rings. The van der Waals surface area contributed by atoms with Crippen molar-refractivity contribution in [1.29, 1.82) is 0 Å². The molecule has 0 heterocycles. The number of carbonyl (C=O) groups excluding carboxylic acids is 1. The van der Waals surface area contributed by atoms with Gasteiger partial charge in [0.1, 0.15) is 5.75 Å². The summed E-state index contributed by atoms with van der Waals surface area (Å²) in [6.07, 6.45) is 0. The lowest BCUT2D eigenvalue weighted by molar-refractivity contribution is 0.0999. The minimum atomic E-state index is -0.315. The molecule has 0 aliphatic carbocycles. The number of carbonyl (C=O) groups is 1. The van der Waals surface area contributed by atoms with Gasteiger partial charge in [0, 0.05) is 5.02 Å². The van der Waals surface area contributed by atoms with Gasteiger partial charge >= 0.3 is 0 Å². The summed E-state index contributed by atoms with van der Waals surface area (Å²) in [6.45, 7) is 3.79. The first-order valence-corrected chi connectivity index (χ1v) is 5.10. The van der Waals surface area contributed by atoms with E-state index in [4.69, 9.17) is 17.3 Å². The Hall–Kier alpha value is -1.06. The molecule has 82 valence electrons. The molecule has 0 bridgehead atoms. The molecule has 1 rings (SSSR count). The van der Waals surface area contributed by atoms with Gasteiger partial charge in [0.25, 0.3) is 0 Å². The second kappa shape index (κ2) is 4.64.